The van der Waals surface area contributed by atoms with Crippen molar-refractivity contribution in [3.05, 3.63) is 35.9 Å². The van der Waals surface area contributed by atoms with Crippen molar-refractivity contribution in [1.82, 2.24) is 0 Å². The number of ketones is 1. The van der Waals surface area contributed by atoms with Crippen molar-refractivity contribution < 1.29 is 47.5 Å². The summed E-state index contributed by atoms with van der Waals surface area (Å²) in [6.45, 7) is 6.39. The van der Waals surface area contributed by atoms with Crippen molar-refractivity contribution in [1.29, 1.82) is 0 Å². The first-order valence-electron chi connectivity index (χ1n) is 15.5. The predicted octanol–water partition coefficient (Wildman–Crippen LogP) is 4.96. The molecular weight excluding hydrogens is 544 g/mol. The van der Waals surface area contributed by atoms with Crippen molar-refractivity contribution in [2.45, 2.75) is 71.1 Å². The van der Waals surface area contributed by atoms with E-state index < -0.39 is 11.8 Å². The van der Waals surface area contributed by atoms with Crippen LogP contribution in [0.1, 0.15) is 81.5 Å². The molecule has 0 bridgehead atoms. The topological polar surface area (TPSA) is 116 Å². The Balaban J connectivity index is 1.73. The third-order valence-electron chi connectivity index (χ3n) is 6.15. The van der Waals surface area contributed by atoms with Crippen LogP contribution in [0.2, 0.25) is 0 Å². The van der Waals surface area contributed by atoms with Crippen LogP contribution in [-0.4, -0.2) is 97.0 Å². The lowest BCUT2D eigenvalue weighted by Gasteiger charge is -2.08. The zero-order valence-electron chi connectivity index (χ0n) is 25.5. The lowest BCUT2D eigenvalue weighted by molar-refractivity contribution is -0.145. The zero-order chi connectivity index (χ0) is 30.4. The van der Waals surface area contributed by atoms with E-state index in [-0.39, 0.29) is 25.8 Å². The molecule has 1 aromatic carbocycles. The lowest BCUT2D eigenvalue weighted by atomic mass is 10.1. The van der Waals surface area contributed by atoms with E-state index in [0.717, 1.165) is 12.8 Å². The van der Waals surface area contributed by atoms with E-state index in [9.17, 15) is 14.4 Å². The molecule has 0 aliphatic carbocycles. The molecule has 0 spiro atoms. The molecule has 0 fully saturated rings. The van der Waals surface area contributed by atoms with Crippen LogP contribution in [0.5, 0.6) is 0 Å². The number of esters is 2. The molecule has 0 amide bonds. The van der Waals surface area contributed by atoms with Gasteiger partial charge >= 0.3 is 11.9 Å². The minimum atomic E-state index is -0.896. The van der Waals surface area contributed by atoms with Gasteiger partial charge in [0.25, 0.3) is 5.78 Å². The molecule has 0 heterocycles. The Morgan fingerprint density at radius 1 is 0.500 bits per heavy atom. The average Bonchev–Trinajstić information content (AvgIpc) is 3.01. The highest BCUT2D eigenvalue weighted by Crippen LogP contribution is 2.10. The Bertz CT molecular complexity index is 787. The maximum Gasteiger partial charge on any atom is 0.379 e. The van der Waals surface area contributed by atoms with Gasteiger partial charge in [-0.15, -0.1) is 0 Å². The number of carbonyl (C=O) groups is 3. The Hall–Kier alpha value is -2.37. The van der Waals surface area contributed by atoms with E-state index >= 15 is 0 Å². The van der Waals surface area contributed by atoms with Crippen LogP contribution in [0, 0.1) is 0 Å². The third kappa shape index (κ3) is 23.2. The SMILES string of the molecule is CCCCCCCCCCCC(=O)OCCOCCOCCOCCOCCOCCOC(=O)C(=O)c1ccccc1. The molecule has 240 valence electrons. The van der Waals surface area contributed by atoms with Crippen LogP contribution >= 0.6 is 0 Å². The molecular formula is C32H52O10. The highest BCUT2D eigenvalue weighted by atomic mass is 16.6. The van der Waals surface area contributed by atoms with Crippen LogP contribution in [0.25, 0.3) is 0 Å². The van der Waals surface area contributed by atoms with Crippen LogP contribution in [0.4, 0.5) is 0 Å². The van der Waals surface area contributed by atoms with E-state index in [2.05, 4.69) is 6.92 Å². The standard InChI is InChI=1S/C32H52O10/c1-2-3-4-5-6-7-8-9-13-16-30(33)41-27-25-39-23-21-37-19-17-36-18-20-38-22-24-40-26-28-42-32(35)31(34)29-14-11-10-12-15-29/h10-12,14-15H,2-9,13,16-28H2,1H3. The Morgan fingerprint density at radius 3 is 1.38 bits per heavy atom. The molecule has 1 aromatic rings. The second kappa shape index (κ2) is 28.7. The predicted molar refractivity (Wildman–Crippen MR) is 159 cm³/mol. The van der Waals surface area contributed by atoms with Gasteiger partial charge in [-0.3, -0.25) is 9.59 Å². The quantitative estimate of drug-likeness (QED) is 0.0522. The van der Waals surface area contributed by atoms with Gasteiger partial charge in [0.1, 0.15) is 13.2 Å². The molecule has 0 radical (unpaired) electrons. The minimum absolute atomic E-state index is 0.00154. The first-order valence-corrected chi connectivity index (χ1v) is 15.5. The second-order valence-corrected chi connectivity index (χ2v) is 9.69. The summed E-state index contributed by atoms with van der Waals surface area (Å²) in [5, 5.41) is 0. The van der Waals surface area contributed by atoms with Crippen LogP contribution in [-0.2, 0) is 42.7 Å². The molecule has 10 nitrogen and oxygen atoms in total. The molecule has 0 saturated carbocycles. The monoisotopic (exact) mass is 596 g/mol. The van der Waals surface area contributed by atoms with E-state index in [1.165, 1.54) is 44.9 Å². The Labute approximate surface area is 251 Å². The van der Waals surface area contributed by atoms with Crippen molar-refractivity contribution in [2.24, 2.45) is 0 Å². The second-order valence-electron chi connectivity index (χ2n) is 9.69. The van der Waals surface area contributed by atoms with Crippen molar-refractivity contribution in [2.75, 3.05) is 79.3 Å². The average molecular weight is 597 g/mol. The largest absolute Gasteiger partial charge is 0.463 e. The lowest BCUT2D eigenvalue weighted by Crippen LogP contribution is -2.20. The number of unbranched alkanes of at least 4 members (excludes halogenated alkanes) is 8. The smallest absolute Gasteiger partial charge is 0.379 e. The summed E-state index contributed by atoms with van der Waals surface area (Å²) < 4.78 is 37.1. The van der Waals surface area contributed by atoms with Gasteiger partial charge in [0, 0.05) is 12.0 Å². The molecule has 0 N–H and O–H groups in total. The number of benzene rings is 1. The fourth-order valence-corrected chi connectivity index (χ4v) is 3.81. The number of hydrogen-bond donors (Lipinski definition) is 0. The van der Waals surface area contributed by atoms with Crippen LogP contribution in [0.15, 0.2) is 30.3 Å². The van der Waals surface area contributed by atoms with Gasteiger partial charge in [0.2, 0.25) is 0 Å². The highest BCUT2D eigenvalue weighted by molar-refractivity contribution is 6.40. The molecule has 42 heavy (non-hydrogen) atoms. The number of hydrogen-bond acceptors (Lipinski definition) is 10. The van der Waals surface area contributed by atoms with Crippen molar-refractivity contribution in [3.63, 3.8) is 0 Å². The van der Waals surface area contributed by atoms with Gasteiger partial charge in [-0.2, -0.15) is 0 Å². The summed E-state index contributed by atoms with van der Waals surface area (Å²) in [7, 11) is 0. The first kappa shape index (κ1) is 37.7. The molecule has 10 heteroatoms. The summed E-state index contributed by atoms with van der Waals surface area (Å²) >= 11 is 0. The molecule has 0 saturated heterocycles. The van der Waals surface area contributed by atoms with Crippen molar-refractivity contribution >= 4 is 17.7 Å². The van der Waals surface area contributed by atoms with Gasteiger partial charge in [0.05, 0.1) is 66.1 Å². The maximum absolute atomic E-state index is 11.9. The minimum Gasteiger partial charge on any atom is -0.463 e. The van der Waals surface area contributed by atoms with E-state index in [1.807, 2.05) is 0 Å². The molecule has 0 aliphatic rings. The van der Waals surface area contributed by atoms with Crippen LogP contribution < -0.4 is 0 Å². The number of carbonyl (C=O) groups excluding carboxylic acids is 3. The number of ether oxygens (including phenoxy) is 7. The van der Waals surface area contributed by atoms with Crippen LogP contribution in [0.3, 0.4) is 0 Å². The summed E-state index contributed by atoms with van der Waals surface area (Å²) in [6.07, 6.45) is 11.5. The van der Waals surface area contributed by atoms with Gasteiger partial charge in [-0.25, -0.2) is 4.79 Å². The molecule has 0 atom stereocenters. The molecule has 0 aliphatic heterocycles. The van der Waals surface area contributed by atoms with Gasteiger partial charge in [0.15, 0.2) is 0 Å². The summed E-state index contributed by atoms with van der Waals surface area (Å²) in [5.41, 5.74) is 0.296. The fourth-order valence-electron chi connectivity index (χ4n) is 3.81. The van der Waals surface area contributed by atoms with Gasteiger partial charge < -0.3 is 33.2 Å². The summed E-state index contributed by atoms with van der Waals surface area (Å²) in [6, 6.07) is 8.26. The molecule has 0 unspecified atom stereocenters. The zero-order valence-corrected chi connectivity index (χ0v) is 25.5. The number of rotatable bonds is 30. The normalized spacial score (nSPS) is 11.0. The van der Waals surface area contributed by atoms with E-state index in [4.69, 9.17) is 33.2 Å². The first-order chi connectivity index (χ1) is 20.6. The summed E-state index contributed by atoms with van der Waals surface area (Å²) in [4.78, 5) is 35.3. The molecule has 0 aromatic heterocycles. The Kier molecular flexibility index (Phi) is 25.8. The fraction of sp³-hybridized carbons (Fsp3) is 0.719. The molecule has 1 rings (SSSR count). The Morgan fingerprint density at radius 2 is 0.905 bits per heavy atom. The van der Waals surface area contributed by atoms with Gasteiger partial charge in [-0.1, -0.05) is 88.6 Å². The van der Waals surface area contributed by atoms with Gasteiger partial charge in [-0.05, 0) is 6.42 Å². The van der Waals surface area contributed by atoms with E-state index in [0.29, 0.717) is 71.4 Å². The van der Waals surface area contributed by atoms with E-state index in [1.54, 1.807) is 30.3 Å². The highest BCUT2D eigenvalue weighted by Gasteiger charge is 2.17. The third-order valence-corrected chi connectivity index (χ3v) is 6.15. The van der Waals surface area contributed by atoms with Crippen molar-refractivity contribution in [3.8, 4) is 0 Å². The maximum atomic E-state index is 11.9. The number of Topliss-reactive ketones (excluding diaryl/α,β-unsaturated/α-hetero) is 1. The summed E-state index contributed by atoms with van der Waals surface area (Å²) in [5.74, 6) is -1.72.